The fourth-order valence-corrected chi connectivity index (χ4v) is 3.22. The van der Waals surface area contributed by atoms with E-state index >= 15 is 0 Å². The van der Waals surface area contributed by atoms with Crippen LogP contribution in [0.5, 0.6) is 0 Å². The highest BCUT2D eigenvalue weighted by Crippen LogP contribution is 1.87. The number of carboxylic acids is 1. The van der Waals surface area contributed by atoms with Gasteiger partial charge < -0.3 is 21.3 Å². The number of carbonyl (C=O) groups excluding carboxylic acids is 1. The van der Waals surface area contributed by atoms with Crippen LogP contribution in [-0.4, -0.2) is 117 Å². The number of aliphatic hydroxyl groups excluding tert-OH is 1. The minimum Gasteiger partial charge on any atom is -0.481 e. The van der Waals surface area contributed by atoms with Crippen molar-refractivity contribution in [2.24, 2.45) is 5.73 Å². The lowest BCUT2D eigenvalue weighted by molar-refractivity contribution is -0.136. The van der Waals surface area contributed by atoms with E-state index in [2.05, 4.69) is 5.32 Å². The molecule has 0 bridgehead atoms. The Bertz CT molecular complexity index is 990. The monoisotopic (exact) mass is 678 g/mol. The van der Waals surface area contributed by atoms with E-state index in [-0.39, 0.29) is 78.9 Å². The van der Waals surface area contributed by atoms with Gasteiger partial charge in [0.15, 0.2) is 0 Å². The molecule has 0 unspecified atom stereocenters. The summed E-state index contributed by atoms with van der Waals surface area (Å²) in [5.74, 6) is -3.07. The fraction of sp³-hybridized carbons (Fsp3) is 0.889. The Morgan fingerprint density at radius 3 is 1.15 bits per heavy atom. The van der Waals surface area contributed by atoms with Gasteiger partial charge >= 0.3 is 5.97 Å². The van der Waals surface area contributed by atoms with Crippen LogP contribution in [0, 0.1) is 0 Å². The first kappa shape index (κ1) is 58.2. The number of aliphatic hydroxyl groups is 1. The van der Waals surface area contributed by atoms with E-state index in [4.69, 9.17) is 34.2 Å². The Hall–Kier alpha value is -1.50. The fourth-order valence-electron chi connectivity index (χ4n) is 1.25. The lowest BCUT2D eigenvalue weighted by Gasteiger charge is -1.98. The maximum absolute atomic E-state index is 10.2. The quantitative estimate of drug-likeness (QED) is 0.0921. The molecule has 0 saturated carbocycles. The van der Waals surface area contributed by atoms with Crippen molar-refractivity contribution in [2.75, 3.05) is 42.7 Å². The minimum atomic E-state index is -4.10. The van der Waals surface area contributed by atoms with E-state index in [1.54, 1.807) is 0 Å². The van der Waals surface area contributed by atoms with Gasteiger partial charge in [-0.1, -0.05) is 29.7 Å². The number of amides is 1. The second-order valence-electron chi connectivity index (χ2n) is 6.34. The van der Waals surface area contributed by atoms with E-state index in [1.165, 1.54) is 6.92 Å². The number of carbonyl (C=O) groups is 2. The van der Waals surface area contributed by atoms with Crippen molar-refractivity contribution in [1.29, 1.82) is 0 Å². The zero-order valence-corrected chi connectivity index (χ0v) is 22.5. The number of rotatable bonds is 13. The average Bonchev–Trinajstić information content (AvgIpc) is 2.65. The second-order valence-corrected chi connectivity index (χ2v) is 12.6. The Labute approximate surface area is 239 Å². The number of carboxylic acid groups (broad SMARTS) is 1. The van der Waals surface area contributed by atoms with Crippen LogP contribution in [0.15, 0.2) is 0 Å². The SMILES string of the molecule is C.C.C.C.CC(=O)NCCCS(=O)(=O)O.NCCCS(=O)(=O)O.O=C(O)CCS(=O)(=O)O.O=S(=O)(O)CCCO. The Morgan fingerprint density at radius 2 is 0.975 bits per heavy atom. The van der Waals surface area contributed by atoms with Crippen LogP contribution in [0.3, 0.4) is 0 Å². The Kier molecular flexibility index (Phi) is 44.3. The van der Waals surface area contributed by atoms with Crippen LogP contribution in [0.1, 0.15) is 62.3 Å². The van der Waals surface area contributed by atoms with Crippen LogP contribution >= 0.6 is 0 Å². The normalized spacial score (nSPS) is 10.3. The maximum Gasteiger partial charge on any atom is 0.304 e. The Morgan fingerprint density at radius 1 is 0.650 bits per heavy atom. The van der Waals surface area contributed by atoms with Gasteiger partial charge in [-0.25, -0.2) is 0 Å². The average molecular weight is 679 g/mol. The molecule has 1 amide bonds. The minimum absolute atomic E-state index is 0. The molecule has 0 heterocycles. The van der Waals surface area contributed by atoms with Crippen LogP contribution in [-0.2, 0) is 50.1 Å². The molecule has 0 atom stereocenters. The molecule has 0 aromatic rings. The van der Waals surface area contributed by atoms with E-state index in [0.717, 1.165) is 0 Å². The van der Waals surface area contributed by atoms with Gasteiger partial charge in [0.2, 0.25) is 5.91 Å². The third-order valence-corrected chi connectivity index (χ3v) is 5.83. The summed E-state index contributed by atoms with van der Waals surface area (Å²) < 4.78 is 112. The van der Waals surface area contributed by atoms with Gasteiger partial charge in [-0.3, -0.25) is 27.8 Å². The van der Waals surface area contributed by atoms with Gasteiger partial charge in [-0.2, -0.15) is 33.7 Å². The number of aliphatic carboxylic acids is 1. The summed E-state index contributed by atoms with van der Waals surface area (Å²) in [6, 6.07) is 0. The van der Waals surface area contributed by atoms with Crippen LogP contribution in [0.4, 0.5) is 0 Å². The number of nitrogens with one attached hydrogen (secondary N) is 1. The molecule has 0 saturated heterocycles. The summed E-state index contributed by atoms with van der Waals surface area (Å²) in [7, 11) is -15.6. The summed E-state index contributed by atoms with van der Waals surface area (Å²) >= 11 is 0. The molecule has 252 valence electrons. The van der Waals surface area contributed by atoms with Crippen molar-refractivity contribution in [3.05, 3.63) is 0 Å². The first-order chi connectivity index (χ1) is 16.0. The van der Waals surface area contributed by atoms with E-state index < -0.39 is 58.6 Å². The molecule has 0 radical (unpaired) electrons. The van der Waals surface area contributed by atoms with E-state index in [0.29, 0.717) is 13.0 Å². The molecule has 0 fully saturated rings. The van der Waals surface area contributed by atoms with Crippen LogP contribution < -0.4 is 11.1 Å². The highest BCUT2D eigenvalue weighted by atomic mass is 32.2. The first-order valence-corrected chi connectivity index (χ1v) is 16.0. The van der Waals surface area contributed by atoms with Gasteiger partial charge in [0.05, 0.1) is 29.4 Å². The molecule has 9 N–H and O–H groups in total. The summed E-state index contributed by atoms with van der Waals surface area (Å²) in [6.07, 6.45) is 0.0922. The molecule has 0 aromatic heterocycles. The van der Waals surface area contributed by atoms with Crippen molar-refractivity contribution >= 4 is 52.3 Å². The standard InChI is InChI=1S/C5H11NO4S.C3H9NO3S.C3H6O5S.C3H8O4S.4CH4/c1-5(7)6-3-2-4-11(8,9)10;4-2-1-3-8(5,6)7;4-3(5)1-2-9(6,7)8;4-2-1-3-8(5,6)7;;;;/h2-4H2,1H3,(H,6,7)(H,8,9,10);1-4H2,(H,5,6,7);1-2H2,(H,4,5)(H,6,7,8);4H,1-3H2,(H,5,6,7);4*1H4. The highest BCUT2D eigenvalue weighted by Gasteiger charge is 2.07. The lowest BCUT2D eigenvalue weighted by Crippen LogP contribution is -2.22. The van der Waals surface area contributed by atoms with Crippen LogP contribution in [0.25, 0.3) is 0 Å². The summed E-state index contributed by atoms with van der Waals surface area (Å²) in [5, 5.41) is 18.4. The van der Waals surface area contributed by atoms with Crippen LogP contribution in [0.2, 0.25) is 0 Å². The van der Waals surface area contributed by atoms with Gasteiger partial charge in [-0.15, -0.1) is 0 Å². The summed E-state index contributed by atoms with van der Waals surface area (Å²) in [6.45, 7) is 1.70. The molecule has 18 nitrogen and oxygen atoms in total. The lowest BCUT2D eigenvalue weighted by atomic mass is 10.5. The van der Waals surface area contributed by atoms with Crippen molar-refractivity contribution in [3.63, 3.8) is 0 Å². The van der Waals surface area contributed by atoms with Gasteiger partial charge in [-0.05, 0) is 25.8 Å². The zero-order valence-electron chi connectivity index (χ0n) is 19.3. The molecule has 0 aliphatic rings. The van der Waals surface area contributed by atoms with Crippen molar-refractivity contribution in [1.82, 2.24) is 5.32 Å². The third-order valence-electron chi connectivity index (χ3n) is 2.69. The molecule has 22 heteroatoms. The van der Waals surface area contributed by atoms with E-state index in [1.807, 2.05) is 0 Å². The second kappa shape index (κ2) is 30.5. The molecular weight excluding hydrogens is 628 g/mol. The number of hydrogen-bond acceptors (Lipinski definition) is 12. The molecule has 0 aliphatic carbocycles. The first-order valence-electron chi connectivity index (χ1n) is 9.53. The maximum atomic E-state index is 10.2. The number of nitrogens with two attached hydrogens (primary N) is 1. The molecule has 40 heavy (non-hydrogen) atoms. The molecule has 0 aliphatic heterocycles. The summed E-state index contributed by atoms with van der Waals surface area (Å²) in [4.78, 5) is 19.9. The zero-order chi connectivity index (χ0) is 29.6. The van der Waals surface area contributed by atoms with Crippen molar-refractivity contribution in [2.45, 2.75) is 62.3 Å². The van der Waals surface area contributed by atoms with Gasteiger partial charge in [0, 0.05) is 20.1 Å². The molecule has 0 aromatic carbocycles. The van der Waals surface area contributed by atoms with Crippen molar-refractivity contribution < 1.29 is 71.7 Å². The van der Waals surface area contributed by atoms with E-state index in [9.17, 15) is 43.3 Å². The highest BCUT2D eigenvalue weighted by molar-refractivity contribution is 7.86. The predicted octanol–water partition coefficient (Wildman–Crippen LogP) is -0.227. The van der Waals surface area contributed by atoms with Gasteiger partial charge in [0.1, 0.15) is 0 Å². The predicted molar refractivity (Wildman–Crippen MR) is 154 cm³/mol. The summed E-state index contributed by atoms with van der Waals surface area (Å²) in [5.41, 5.74) is 4.96. The Balaban J connectivity index is -0.0000000555. The van der Waals surface area contributed by atoms with Crippen molar-refractivity contribution in [3.8, 4) is 0 Å². The third kappa shape index (κ3) is 90.9. The van der Waals surface area contributed by atoms with Gasteiger partial charge in [0.25, 0.3) is 40.5 Å². The topological polar surface area (TPSA) is 330 Å². The molecule has 0 rings (SSSR count). The smallest absolute Gasteiger partial charge is 0.304 e. The molecular formula is C18H50N2O16S4. The molecule has 0 spiro atoms. The largest absolute Gasteiger partial charge is 0.481 e. The number of hydrogen-bond donors (Lipinski definition) is 8.